The van der Waals surface area contributed by atoms with Crippen molar-refractivity contribution in [3.8, 4) is 17.2 Å². The highest BCUT2D eigenvalue weighted by Gasteiger charge is 2.11. The molecule has 0 N–H and O–H groups in total. The number of halogens is 1. The number of hydrogen-bond donors (Lipinski definition) is 0. The van der Waals surface area contributed by atoms with Crippen molar-refractivity contribution in [3.05, 3.63) is 41.4 Å². The van der Waals surface area contributed by atoms with Gasteiger partial charge in [0.1, 0.15) is 0 Å². The van der Waals surface area contributed by atoms with Crippen LogP contribution in [-0.4, -0.2) is 25.1 Å². The Morgan fingerprint density at radius 2 is 2.22 bits per heavy atom. The molecule has 6 nitrogen and oxygen atoms in total. The summed E-state index contributed by atoms with van der Waals surface area (Å²) in [7, 11) is 0. The lowest BCUT2D eigenvalue weighted by Crippen LogP contribution is -1.93. The Morgan fingerprint density at radius 3 is 2.94 bits per heavy atom. The van der Waals surface area contributed by atoms with E-state index in [1.54, 1.807) is 29.9 Å². The predicted molar refractivity (Wildman–Crippen MR) is 64.4 cm³/mol. The summed E-state index contributed by atoms with van der Waals surface area (Å²) in [6.07, 6.45) is 1.72. The van der Waals surface area contributed by atoms with Crippen LogP contribution in [0.4, 0.5) is 0 Å². The largest absolute Gasteiger partial charge is 0.339 e. The van der Waals surface area contributed by atoms with Gasteiger partial charge in [-0.1, -0.05) is 28.0 Å². The van der Waals surface area contributed by atoms with Crippen molar-refractivity contribution < 1.29 is 4.52 Å². The number of benzene rings is 1. The fourth-order valence-electron chi connectivity index (χ4n) is 1.51. The number of aromatic nitrogens is 5. The minimum absolute atomic E-state index is 0.417. The summed E-state index contributed by atoms with van der Waals surface area (Å²) < 4.78 is 6.50. The van der Waals surface area contributed by atoms with E-state index in [0.717, 1.165) is 5.69 Å². The van der Waals surface area contributed by atoms with Gasteiger partial charge < -0.3 is 4.52 Å². The van der Waals surface area contributed by atoms with E-state index >= 15 is 0 Å². The summed E-state index contributed by atoms with van der Waals surface area (Å²) in [5.74, 6) is 0.906. The van der Waals surface area contributed by atoms with Crippen LogP contribution in [0.5, 0.6) is 0 Å². The average molecular weight is 262 g/mol. The van der Waals surface area contributed by atoms with Gasteiger partial charge in [0, 0.05) is 11.9 Å². The SMILES string of the molecule is Cc1nc(-c2cn(-c3cccc(Cl)c3)nn2)no1. The molecule has 0 spiro atoms. The lowest BCUT2D eigenvalue weighted by Gasteiger charge is -1.98. The van der Waals surface area contributed by atoms with Gasteiger partial charge in [-0.25, -0.2) is 4.68 Å². The summed E-state index contributed by atoms with van der Waals surface area (Å²) in [6.45, 7) is 1.72. The van der Waals surface area contributed by atoms with Gasteiger partial charge in [-0.2, -0.15) is 4.98 Å². The lowest BCUT2D eigenvalue weighted by molar-refractivity contribution is 0.394. The molecular weight excluding hydrogens is 254 g/mol. The van der Waals surface area contributed by atoms with Gasteiger partial charge in [-0.05, 0) is 18.2 Å². The van der Waals surface area contributed by atoms with Gasteiger partial charge in [-0.15, -0.1) is 5.10 Å². The first-order valence-electron chi connectivity index (χ1n) is 5.21. The highest BCUT2D eigenvalue weighted by molar-refractivity contribution is 6.30. The molecule has 2 heterocycles. The molecule has 0 unspecified atom stereocenters. The van der Waals surface area contributed by atoms with Gasteiger partial charge in [0.25, 0.3) is 0 Å². The standard InChI is InChI=1S/C11H8ClN5O/c1-7-13-11(15-18-7)10-6-17(16-14-10)9-4-2-3-8(12)5-9/h2-6H,1H3. The molecule has 90 valence electrons. The van der Waals surface area contributed by atoms with Crippen molar-refractivity contribution in [1.29, 1.82) is 0 Å². The second kappa shape index (κ2) is 4.23. The van der Waals surface area contributed by atoms with E-state index in [2.05, 4.69) is 20.5 Å². The number of rotatable bonds is 2. The zero-order valence-electron chi connectivity index (χ0n) is 9.41. The van der Waals surface area contributed by atoms with Crippen LogP contribution in [0.15, 0.2) is 35.0 Å². The van der Waals surface area contributed by atoms with Gasteiger partial charge in [-0.3, -0.25) is 0 Å². The smallest absolute Gasteiger partial charge is 0.224 e. The Kier molecular flexibility index (Phi) is 2.56. The maximum Gasteiger partial charge on any atom is 0.224 e. The fraction of sp³-hybridized carbons (Fsp3) is 0.0909. The molecule has 3 rings (SSSR count). The second-order valence-corrected chi connectivity index (χ2v) is 4.10. The average Bonchev–Trinajstić information content (AvgIpc) is 2.97. The summed E-state index contributed by atoms with van der Waals surface area (Å²) in [5, 5.41) is 12.4. The molecule has 0 aliphatic heterocycles. The van der Waals surface area contributed by atoms with Crippen LogP contribution in [-0.2, 0) is 0 Å². The molecule has 0 aliphatic carbocycles. The first kappa shape index (κ1) is 10.9. The Hall–Kier alpha value is -2.21. The molecule has 0 amide bonds. The van der Waals surface area contributed by atoms with Crippen molar-refractivity contribution in [1.82, 2.24) is 25.1 Å². The maximum absolute atomic E-state index is 5.92. The van der Waals surface area contributed by atoms with Gasteiger partial charge in [0.15, 0.2) is 5.69 Å². The van der Waals surface area contributed by atoms with Crippen LogP contribution in [0.3, 0.4) is 0 Å². The van der Waals surface area contributed by atoms with Crippen molar-refractivity contribution >= 4 is 11.6 Å². The second-order valence-electron chi connectivity index (χ2n) is 3.67. The number of hydrogen-bond acceptors (Lipinski definition) is 5. The molecule has 18 heavy (non-hydrogen) atoms. The van der Waals surface area contributed by atoms with Gasteiger partial charge >= 0.3 is 0 Å². The van der Waals surface area contributed by atoms with Gasteiger partial charge in [0.2, 0.25) is 11.7 Å². The summed E-state index contributed by atoms with van der Waals surface area (Å²) >= 11 is 5.92. The molecule has 0 saturated carbocycles. The molecule has 1 aromatic carbocycles. The molecule has 0 radical (unpaired) electrons. The zero-order valence-corrected chi connectivity index (χ0v) is 10.2. The Labute approximate surface area is 107 Å². The third kappa shape index (κ3) is 1.98. The number of nitrogens with zero attached hydrogens (tertiary/aromatic N) is 5. The molecule has 0 aliphatic rings. The van der Waals surface area contributed by atoms with E-state index in [9.17, 15) is 0 Å². The molecule has 2 aromatic heterocycles. The Morgan fingerprint density at radius 1 is 1.33 bits per heavy atom. The monoisotopic (exact) mass is 261 g/mol. The van der Waals surface area contributed by atoms with Crippen LogP contribution in [0.25, 0.3) is 17.2 Å². The van der Waals surface area contributed by atoms with Crippen LogP contribution in [0.1, 0.15) is 5.89 Å². The minimum Gasteiger partial charge on any atom is -0.339 e. The van der Waals surface area contributed by atoms with Crippen LogP contribution in [0.2, 0.25) is 5.02 Å². The lowest BCUT2D eigenvalue weighted by atomic mass is 10.3. The normalized spacial score (nSPS) is 10.8. The highest BCUT2D eigenvalue weighted by Crippen LogP contribution is 2.17. The topological polar surface area (TPSA) is 69.6 Å². The highest BCUT2D eigenvalue weighted by atomic mass is 35.5. The molecule has 7 heteroatoms. The molecular formula is C11H8ClN5O. The Balaban J connectivity index is 1.99. The Bertz CT molecular complexity index is 690. The molecule has 0 atom stereocenters. The zero-order chi connectivity index (χ0) is 12.5. The van der Waals surface area contributed by atoms with Gasteiger partial charge in [0.05, 0.1) is 11.9 Å². The van der Waals surface area contributed by atoms with Crippen molar-refractivity contribution in [2.75, 3.05) is 0 Å². The predicted octanol–water partition coefficient (Wildman–Crippen LogP) is 2.28. The third-order valence-corrected chi connectivity index (χ3v) is 2.56. The minimum atomic E-state index is 0.417. The van der Waals surface area contributed by atoms with Crippen LogP contribution < -0.4 is 0 Å². The summed E-state index contributed by atoms with van der Waals surface area (Å²) in [4.78, 5) is 4.09. The molecule has 3 aromatic rings. The number of aryl methyl sites for hydroxylation is 1. The van der Waals surface area contributed by atoms with Crippen molar-refractivity contribution in [3.63, 3.8) is 0 Å². The molecule has 0 bridgehead atoms. The van der Waals surface area contributed by atoms with E-state index in [1.807, 2.05) is 12.1 Å². The van der Waals surface area contributed by atoms with E-state index in [0.29, 0.717) is 22.4 Å². The summed E-state index contributed by atoms with van der Waals surface area (Å²) in [5.41, 5.74) is 1.37. The van der Waals surface area contributed by atoms with Crippen LogP contribution in [0, 0.1) is 6.92 Å². The van der Waals surface area contributed by atoms with E-state index < -0.39 is 0 Å². The fourth-order valence-corrected chi connectivity index (χ4v) is 1.70. The quantitative estimate of drug-likeness (QED) is 0.708. The third-order valence-electron chi connectivity index (χ3n) is 2.32. The molecule has 0 fully saturated rings. The van der Waals surface area contributed by atoms with Crippen molar-refractivity contribution in [2.45, 2.75) is 6.92 Å². The van der Waals surface area contributed by atoms with E-state index in [1.165, 1.54) is 0 Å². The van der Waals surface area contributed by atoms with E-state index in [-0.39, 0.29) is 0 Å². The first-order chi connectivity index (χ1) is 8.72. The van der Waals surface area contributed by atoms with Crippen LogP contribution >= 0.6 is 11.6 Å². The van der Waals surface area contributed by atoms with Crippen molar-refractivity contribution in [2.24, 2.45) is 0 Å². The summed E-state index contributed by atoms with van der Waals surface area (Å²) in [6, 6.07) is 7.32. The molecule has 0 saturated heterocycles. The first-order valence-corrected chi connectivity index (χ1v) is 5.59. The van der Waals surface area contributed by atoms with E-state index in [4.69, 9.17) is 16.1 Å². The maximum atomic E-state index is 5.92.